The summed E-state index contributed by atoms with van der Waals surface area (Å²) in [4.78, 5) is 28.5. The molecule has 1 aliphatic carbocycles. The first kappa shape index (κ1) is 31.9. The number of carbonyl (C=O) groups excluding carboxylic acids is 1. The van der Waals surface area contributed by atoms with Crippen molar-refractivity contribution < 1.29 is 19.4 Å². The topological polar surface area (TPSA) is 79.7 Å². The molecule has 2 aromatic rings. The smallest absolute Gasteiger partial charge is 0.310 e. The second-order valence-electron chi connectivity index (χ2n) is 10.7. The van der Waals surface area contributed by atoms with Crippen molar-refractivity contribution in [2.45, 2.75) is 71.6 Å². The van der Waals surface area contributed by atoms with E-state index in [1.54, 1.807) is 0 Å². The third-order valence-electron chi connectivity index (χ3n) is 8.21. The van der Waals surface area contributed by atoms with Crippen LogP contribution < -0.4 is 0 Å². The van der Waals surface area contributed by atoms with Gasteiger partial charge in [-0.25, -0.2) is 0 Å². The van der Waals surface area contributed by atoms with Crippen molar-refractivity contribution in [3.63, 3.8) is 0 Å². The largest absolute Gasteiger partial charge is 0.481 e. The lowest BCUT2D eigenvalue weighted by Gasteiger charge is -2.35. The molecule has 0 unspecified atom stereocenters. The van der Waals surface area contributed by atoms with E-state index in [4.69, 9.17) is 14.8 Å². The summed E-state index contributed by atoms with van der Waals surface area (Å²) in [6.07, 6.45) is 8.33. The van der Waals surface area contributed by atoms with Crippen LogP contribution in [0.25, 0.3) is 0 Å². The first-order chi connectivity index (χ1) is 18.7. The molecule has 8 heteroatoms. The molecule has 6 nitrogen and oxygen atoms in total. The molecule has 3 heterocycles. The molecule has 0 saturated carbocycles. The zero-order valence-corrected chi connectivity index (χ0v) is 26.8. The maximum atomic E-state index is 10.9. The number of aldehydes is 1. The number of ether oxygens (including phenoxy) is 1. The van der Waals surface area contributed by atoms with Gasteiger partial charge in [-0.3, -0.25) is 9.78 Å². The van der Waals surface area contributed by atoms with Gasteiger partial charge in [0.15, 0.2) is 0 Å². The third-order valence-corrected chi connectivity index (χ3v) is 9.30. The molecule has 0 spiro atoms. The minimum absolute atomic E-state index is 0.103. The number of carboxylic acid groups (broad SMARTS) is 1. The average Bonchev–Trinajstić information content (AvgIpc) is 3.08. The predicted octanol–water partition coefficient (Wildman–Crippen LogP) is 6.97. The third kappa shape index (κ3) is 7.78. The van der Waals surface area contributed by atoms with E-state index in [2.05, 4.69) is 68.9 Å². The highest BCUT2D eigenvalue weighted by Gasteiger charge is 2.39. The zero-order valence-electron chi connectivity index (χ0n) is 23.6. The Hall–Kier alpha value is -1.61. The van der Waals surface area contributed by atoms with Gasteiger partial charge in [0.25, 0.3) is 0 Å². The van der Waals surface area contributed by atoms with E-state index in [1.807, 2.05) is 20.0 Å². The first-order valence-corrected chi connectivity index (χ1v) is 15.7. The Morgan fingerprint density at radius 1 is 1.13 bits per heavy atom. The Labute approximate surface area is 250 Å². The molecule has 39 heavy (non-hydrogen) atoms. The Morgan fingerprint density at radius 3 is 2.38 bits per heavy atom. The Morgan fingerprint density at radius 2 is 1.77 bits per heavy atom. The minimum Gasteiger partial charge on any atom is -0.481 e. The van der Waals surface area contributed by atoms with Crippen LogP contribution in [0.1, 0.15) is 79.8 Å². The lowest BCUT2D eigenvalue weighted by molar-refractivity contribution is -0.156. The molecular formula is C31H42Br2N2O4. The summed E-state index contributed by atoms with van der Waals surface area (Å²) in [7, 11) is 2.24. The molecule has 2 saturated heterocycles. The second-order valence-corrected chi connectivity index (χ2v) is 12.5. The van der Waals surface area contributed by atoms with E-state index in [-0.39, 0.29) is 6.42 Å². The predicted molar refractivity (Wildman–Crippen MR) is 162 cm³/mol. The lowest BCUT2D eigenvalue weighted by atomic mass is 9.76. The molecule has 0 bridgehead atoms. The molecule has 2 fully saturated rings. The summed E-state index contributed by atoms with van der Waals surface area (Å²) in [5.74, 6) is 0.196. The summed E-state index contributed by atoms with van der Waals surface area (Å²) in [6, 6.07) is 6.96. The number of benzene rings is 1. The van der Waals surface area contributed by atoms with E-state index < -0.39 is 11.4 Å². The first-order valence-electron chi connectivity index (χ1n) is 14.1. The molecule has 0 radical (unpaired) electrons. The van der Waals surface area contributed by atoms with Crippen molar-refractivity contribution >= 4 is 44.1 Å². The van der Waals surface area contributed by atoms with Crippen molar-refractivity contribution in [1.29, 1.82) is 0 Å². The summed E-state index contributed by atoms with van der Waals surface area (Å²) in [6.45, 7) is 9.46. The Balaban J connectivity index is 0.000000253. The van der Waals surface area contributed by atoms with Crippen molar-refractivity contribution in [3.8, 4) is 0 Å². The fourth-order valence-corrected chi connectivity index (χ4v) is 7.25. The second kappa shape index (κ2) is 14.9. The number of nitrogens with zero attached hydrogens (tertiary/aromatic N) is 2. The average molecular weight is 666 g/mol. The van der Waals surface area contributed by atoms with Gasteiger partial charge in [-0.2, -0.15) is 0 Å². The van der Waals surface area contributed by atoms with Crippen LogP contribution >= 0.6 is 31.9 Å². The fraction of sp³-hybridized carbons (Fsp3) is 0.581. The molecule has 1 aromatic carbocycles. The van der Waals surface area contributed by atoms with Crippen LogP contribution in [0, 0.1) is 18.3 Å². The molecule has 2 aliphatic heterocycles. The van der Waals surface area contributed by atoms with Gasteiger partial charge in [0.05, 0.1) is 11.1 Å². The maximum absolute atomic E-state index is 10.9. The van der Waals surface area contributed by atoms with Gasteiger partial charge in [-0.1, -0.05) is 35.8 Å². The number of piperidine rings is 1. The number of aromatic nitrogens is 1. The van der Waals surface area contributed by atoms with Crippen molar-refractivity contribution in [1.82, 2.24) is 9.88 Å². The highest BCUT2D eigenvalue weighted by atomic mass is 79.9. The Kier molecular flexibility index (Phi) is 12.2. The number of carbonyl (C=O) groups is 2. The fourth-order valence-electron chi connectivity index (χ4n) is 6.01. The highest BCUT2D eigenvalue weighted by Crippen LogP contribution is 2.45. The number of aryl methyl sites for hydroxylation is 3. The van der Waals surface area contributed by atoms with Gasteiger partial charge in [-0.15, -0.1) is 0 Å². The molecule has 5 rings (SSSR count). The number of hydrogen-bond acceptors (Lipinski definition) is 5. The molecule has 3 aliphatic rings. The molecule has 1 N–H and O–H groups in total. The molecular weight excluding hydrogens is 624 g/mol. The Bertz CT molecular complexity index is 1130. The molecule has 1 atom stereocenters. The van der Waals surface area contributed by atoms with Crippen LogP contribution in [0.5, 0.6) is 0 Å². The van der Waals surface area contributed by atoms with E-state index >= 15 is 0 Å². The number of pyridine rings is 1. The van der Waals surface area contributed by atoms with Gasteiger partial charge in [0.1, 0.15) is 6.29 Å². The van der Waals surface area contributed by atoms with Crippen molar-refractivity contribution in [2.24, 2.45) is 11.3 Å². The number of rotatable bonds is 4. The number of hydrogen-bond donors (Lipinski definition) is 1. The highest BCUT2D eigenvalue weighted by molar-refractivity contribution is 9.10. The van der Waals surface area contributed by atoms with Crippen LogP contribution in [-0.4, -0.2) is 60.6 Å². The van der Waals surface area contributed by atoms with Crippen LogP contribution in [0.2, 0.25) is 0 Å². The van der Waals surface area contributed by atoms with Crippen LogP contribution in [0.3, 0.4) is 0 Å². The quantitative estimate of drug-likeness (QED) is 0.356. The SMILES string of the molecule is CC.Cc1cc(Br)c2c(c1)CCc1cc(Br)cnc1[C@@H]2C1CCN(C)CC1.O=CCC1(C(=O)O)CCOCC1. The van der Waals surface area contributed by atoms with E-state index in [0.29, 0.717) is 44.2 Å². The maximum Gasteiger partial charge on any atom is 0.310 e. The zero-order chi connectivity index (χ0) is 28.6. The van der Waals surface area contributed by atoms with Gasteiger partial charge in [0, 0.05) is 40.7 Å². The number of likely N-dealkylation sites (tertiary alicyclic amines) is 1. The number of fused-ring (bicyclic) bond motifs is 2. The molecule has 214 valence electrons. The minimum atomic E-state index is -0.877. The summed E-state index contributed by atoms with van der Waals surface area (Å²) in [5.41, 5.74) is 6.21. The van der Waals surface area contributed by atoms with E-state index in [1.165, 1.54) is 58.4 Å². The normalized spacial score (nSPS) is 20.6. The lowest BCUT2D eigenvalue weighted by Crippen LogP contribution is -2.37. The van der Waals surface area contributed by atoms with Gasteiger partial charge >= 0.3 is 5.97 Å². The number of halogens is 2. The summed E-state index contributed by atoms with van der Waals surface area (Å²) < 4.78 is 7.40. The van der Waals surface area contributed by atoms with Crippen LogP contribution in [0.15, 0.2) is 33.3 Å². The van der Waals surface area contributed by atoms with E-state index in [9.17, 15) is 9.59 Å². The van der Waals surface area contributed by atoms with Crippen LogP contribution in [-0.2, 0) is 27.2 Å². The van der Waals surface area contributed by atoms with Crippen molar-refractivity contribution in [3.05, 3.63) is 61.3 Å². The number of aliphatic carboxylic acids is 1. The van der Waals surface area contributed by atoms with Crippen molar-refractivity contribution in [2.75, 3.05) is 33.4 Å². The van der Waals surface area contributed by atoms with Crippen LogP contribution in [0.4, 0.5) is 0 Å². The summed E-state index contributed by atoms with van der Waals surface area (Å²) in [5, 5.41) is 8.91. The van der Waals surface area contributed by atoms with Gasteiger partial charge in [0.2, 0.25) is 0 Å². The van der Waals surface area contributed by atoms with Gasteiger partial charge < -0.3 is 19.5 Å². The monoisotopic (exact) mass is 664 g/mol. The van der Waals surface area contributed by atoms with Gasteiger partial charge in [-0.05, 0) is 122 Å². The standard InChI is InChI=1S/C21H24Br2N2.C8H12O4.C2H6/c1-13-9-15-3-4-16-11-17(22)12-24-21(16)20(19(15)18(23)10-13)14-5-7-25(2)8-6-14;9-4-1-8(7(10)11)2-5-12-6-3-8;1-2/h9-12,14,20H,3-8H2,1-2H3;4H,1-3,5-6H2,(H,10,11);1-2H3/t20-;;/m1../s1. The van der Waals surface area contributed by atoms with E-state index in [0.717, 1.165) is 17.3 Å². The number of carboxylic acids is 1. The molecule has 0 amide bonds. The molecule has 1 aromatic heterocycles. The summed E-state index contributed by atoms with van der Waals surface area (Å²) >= 11 is 7.53.